The van der Waals surface area contributed by atoms with Gasteiger partial charge in [0, 0.05) is 18.4 Å². The van der Waals surface area contributed by atoms with Crippen molar-refractivity contribution in [1.29, 1.82) is 0 Å². The van der Waals surface area contributed by atoms with E-state index in [0.29, 0.717) is 12.2 Å². The van der Waals surface area contributed by atoms with Crippen LogP contribution in [-0.2, 0) is 4.79 Å². The van der Waals surface area contributed by atoms with Crippen LogP contribution in [-0.4, -0.2) is 17.5 Å². The monoisotopic (exact) mass is 480 g/mol. The molecule has 4 heteroatoms. The molecule has 0 aliphatic carbocycles. The number of carbonyl (C=O) groups excluding carboxylic acids is 1. The van der Waals surface area contributed by atoms with E-state index in [1.807, 2.05) is 19.1 Å². The van der Waals surface area contributed by atoms with Crippen LogP contribution < -0.4 is 10.1 Å². The molecule has 0 saturated heterocycles. The molecule has 0 aliphatic rings. The number of ether oxygens (including phenoxy) is 1. The predicted octanol–water partition coefficient (Wildman–Crippen LogP) is 9.07. The Labute approximate surface area is 214 Å². The van der Waals surface area contributed by atoms with Crippen LogP contribution in [0.4, 0.5) is 5.69 Å². The van der Waals surface area contributed by atoms with Crippen molar-refractivity contribution in [3.05, 3.63) is 54.4 Å². The molecule has 2 aromatic rings. The number of pyridine rings is 1. The normalized spacial score (nSPS) is 11.8. The average Bonchev–Trinajstić information content (AvgIpc) is 2.88. The molecule has 1 atom stereocenters. The van der Waals surface area contributed by atoms with Gasteiger partial charge in [-0.2, -0.15) is 0 Å². The maximum atomic E-state index is 12.6. The lowest BCUT2D eigenvalue weighted by molar-refractivity contribution is -0.136. The number of unbranched alkanes of at least 4 members (excludes halogenated alkanes) is 13. The summed E-state index contributed by atoms with van der Waals surface area (Å²) in [4.78, 5) is 16.6. The molecule has 0 amide bonds. The van der Waals surface area contributed by atoms with Gasteiger partial charge in [-0.25, -0.2) is 0 Å². The van der Waals surface area contributed by atoms with E-state index in [1.165, 1.54) is 89.9 Å². The standard InChI is InChI=1S/C31H48N2O2/c1-3-5-6-7-8-9-10-11-12-13-14-15-16-17-25-33-28-22-20-27(21-23-28)30(4-2)31(34)35-29-19-18-24-32-26-29/h18-24,26,30,33H,3-17,25H2,1-2H3. The van der Waals surface area contributed by atoms with Crippen LogP contribution in [0, 0.1) is 0 Å². The molecule has 2 rings (SSSR count). The number of anilines is 1. The molecule has 4 nitrogen and oxygen atoms in total. The lowest BCUT2D eigenvalue weighted by Crippen LogP contribution is -2.18. The Bertz CT molecular complexity index is 776. The second kappa shape index (κ2) is 18.9. The van der Waals surface area contributed by atoms with Crippen LogP contribution in [0.3, 0.4) is 0 Å². The van der Waals surface area contributed by atoms with Gasteiger partial charge in [0.15, 0.2) is 0 Å². The molecule has 35 heavy (non-hydrogen) atoms. The molecular weight excluding hydrogens is 432 g/mol. The van der Waals surface area contributed by atoms with E-state index in [0.717, 1.165) is 17.8 Å². The van der Waals surface area contributed by atoms with E-state index in [-0.39, 0.29) is 11.9 Å². The summed E-state index contributed by atoms with van der Waals surface area (Å²) in [6, 6.07) is 11.7. The topological polar surface area (TPSA) is 51.2 Å². The Morgan fingerprint density at radius 2 is 1.37 bits per heavy atom. The molecule has 0 aliphatic heterocycles. The minimum absolute atomic E-state index is 0.233. The minimum Gasteiger partial charge on any atom is -0.424 e. The van der Waals surface area contributed by atoms with Gasteiger partial charge >= 0.3 is 5.97 Å². The minimum atomic E-state index is -0.268. The largest absolute Gasteiger partial charge is 0.424 e. The molecule has 1 aromatic heterocycles. The number of hydrogen-bond donors (Lipinski definition) is 1. The van der Waals surface area contributed by atoms with Gasteiger partial charge in [0.05, 0.1) is 12.1 Å². The highest BCUT2D eigenvalue weighted by atomic mass is 16.5. The van der Waals surface area contributed by atoms with Crippen LogP contribution in [0.5, 0.6) is 5.75 Å². The Morgan fingerprint density at radius 3 is 1.89 bits per heavy atom. The fourth-order valence-corrected chi connectivity index (χ4v) is 4.52. The van der Waals surface area contributed by atoms with Crippen molar-refractivity contribution in [3.8, 4) is 5.75 Å². The molecule has 0 spiro atoms. The van der Waals surface area contributed by atoms with Crippen LogP contribution in [0.15, 0.2) is 48.8 Å². The molecular formula is C31H48N2O2. The number of hydrogen-bond acceptors (Lipinski definition) is 4. The van der Waals surface area contributed by atoms with Gasteiger partial charge in [-0.05, 0) is 42.7 Å². The quantitative estimate of drug-likeness (QED) is 0.152. The first-order chi connectivity index (χ1) is 17.2. The number of rotatable bonds is 20. The summed E-state index contributed by atoms with van der Waals surface area (Å²) in [7, 11) is 0. The molecule has 0 fully saturated rings. The van der Waals surface area contributed by atoms with Crippen molar-refractivity contribution in [2.45, 2.75) is 116 Å². The Hall–Kier alpha value is -2.36. The Morgan fingerprint density at radius 1 is 0.800 bits per heavy atom. The molecule has 1 unspecified atom stereocenters. The fraction of sp³-hybridized carbons (Fsp3) is 0.613. The number of nitrogens with one attached hydrogen (secondary N) is 1. The van der Waals surface area contributed by atoms with Crippen LogP contribution in [0.2, 0.25) is 0 Å². The van der Waals surface area contributed by atoms with Crippen LogP contribution >= 0.6 is 0 Å². The van der Waals surface area contributed by atoms with Crippen molar-refractivity contribution in [2.75, 3.05) is 11.9 Å². The van der Waals surface area contributed by atoms with E-state index < -0.39 is 0 Å². The van der Waals surface area contributed by atoms with Crippen molar-refractivity contribution in [3.63, 3.8) is 0 Å². The Balaban J connectivity index is 1.51. The number of nitrogens with zero attached hydrogens (tertiary/aromatic N) is 1. The SMILES string of the molecule is CCCCCCCCCCCCCCCCNc1ccc(C(CC)C(=O)Oc2cccnc2)cc1. The first-order valence-corrected chi connectivity index (χ1v) is 14.2. The van der Waals surface area contributed by atoms with Crippen molar-refractivity contribution in [1.82, 2.24) is 4.98 Å². The van der Waals surface area contributed by atoms with Gasteiger partial charge < -0.3 is 10.1 Å². The van der Waals surface area contributed by atoms with Gasteiger partial charge in [-0.3, -0.25) is 9.78 Å². The van der Waals surface area contributed by atoms with E-state index >= 15 is 0 Å². The zero-order valence-corrected chi connectivity index (χ0v) is 22.3. The summed E-state index contributed by atoms with van der Waals surface area (Å²) >= 11 is 0. The lowest BCUT2D eigenvalue weighted by atomic mass is 9.96. The number of carbonyl (C=O) groups is 1. The highest BCUT2D eigenvalue weighted by Crippen LogP contribution is 2.24. The zero-order valence-electron chi connectivity index (χ0n) is 22.3. The van der Waals surface area contributed by atoms with Crippen molar-refractivity contribution in [2.24, 2.45) is 0 Å². The molecule has 1 heterocycles. The van der Waals surface area contributed by atoms with Gasteiger partial charge in [-0.1, -0.05) is 109 Å². The number of esters is 1. The smallest absolute Gasteiger partial charge is 0.318 e. The zero-order chi connectivity index (χ0) is 25.0. The second-order valence-corrected chi connectivity index (χ2v) is 9.72. The van der Waals surface area contributed by atoms with Crippen molar-refractivity contribution >= 4 is 11.7 Å². The molecule has 0 radical (unpaired) electrons. The fourth-order valence-electron chi connectivity index (χ4n) is 4.52. The Kier molecular flexibility index (Phi) is 15.6. The van der Waals surface area contributed by atoms with E-state index in [2.05, 4.69) is 29.4 Å². The van der Waals surface area contributed by atoms with Gasteiger partial charge in [0.2, 0.25) is 0 Å². The summed E-state index contributed by atoms with van der Waals surface area (Å²) in [6.07, 6.45) is 23.3. The highest BCUT2D eigenvalue weighted by Gasteiger charge is 2.21. The summed E-state index contributed by atoms with van der Waals surface area (Å²) in [5.41, 5.74) is 2.10. The van der Waals surface area contributed by atoms with Crippen LogP contribution in [0.1, 0.15) is 122 Å². The first kappa shape index (κ1) is 28.9. The van der Waals surface area contributed by atoms with Gasteiger partial charge in [-0.15, -0.1) is 0 Å². The molecule has 0 saturated carbocycles. The van der Waals surface area contributed by atoms with E-state index in [1.54, 1.807) is 24.5 Å². The first-order valence-electron chi connectivity index (χ1n) is 14.2. The second-order valence-electron chi connectivity index (χ2n) is 9.72. The third kappa shape index (κ3) is 12.8. The highest BCUT2D eigenvalue weighted by molar-refractivity contribution is 5.80. The van der Waals surface area contributed by atoms with Gasteiger partial charge in [0.1, 0.15) is 5.75 Å². The van der Waals surface area contributed by atoms with Crippen LogP contribution in [0.25, 0.3) is 0 Å². The summed E-state index contributed by atoms with van der Waals surface area (Å²) in [5.74, 6) is -0.0129. The van der Waals surface area contributed by atoms with Gasteiger partial charge in [0.25, 0.3) is 0 Å². The maximum Gasteiger partial charge on any atom is 0.318 e. The summed E-state index contributed by atoms with van der Waals surface area (Å²) < 4.78 is 5.50. The van der Waals surface area contributed by atoms with E-state index in [9.17, 15) is 4.79 Å². The third-order valence-corrected chi connectivity index (χ3v) is 6.72. The summed E-state index contributed by atoms with van der Waals surface area (Å²) in [6.45, 7) is 5.29. The maximum absolute atomic E-state index is 12.6. The molecule has 1 N–H and O–H groups in total. The lowest BCUT2D eigenvalue weighted by Gasteiger charge is -2.15. The molecule has 194 valence electrons. The molecule has 0 bridgehead atoms. The predicted molar refractivity (Wildman–Crippen MR) is 148 cm³/mol. The van der Waals surface area contributed by atoms with Crippen molar-refractivity contribution < 1.29 is 9.53 Å². The number of benzene rings is 1. The summed E-state index contributed by atoms with van der Waals surface area (Å²) in [5, 5.41) is 3.52. The third-order valence-electron chi connectivity index (χ3n) is 6.72. The average molecular weight is 481 g/mol. The number of aromatic nitrogens is 1. The van der Waals surface area contributed by atoms with E-state index in [4.69, 9.17) is 4.74 Å². The molecule has 1 aromatic carbocycles.